The molecule has 0 spiro atoms. The predicted octanol–water partition coefficient (Wildman–Crippen LogP) is 5.57. The molecule has 0 unspecified atom stereocenters. The second-order valence-electron chi connectivity index (χ2n) is 6.55. The number of aromatic nitrogens is 4. The highest BCUT2D eigenvalue weighted by molar-refractivity contribution is 8.00. The fourth-order valence-electron chi connectivity index (χ4n) is 3.01. The first-order chi connectivity index (χ1) is 15.2. The number of hydrogen-bond donors (Lipinski definition) is 0. The quantitative estimate of drug-likeness (QED) is 0.221. The third-order valence-corrected chi connectivity index (χ3v) is 7.67. The number of carbonyl (C=O) groups excluding carboxylic acids is 1. The molecule has 0 aliphatic rings. The van der Waals surface area contributed by atoms with E-state index in [1.54, 1.807) is 35.2 Å². The van der Waals surface area contributed by atoms with Gasteiger partial charge in [-0.2, -0.15) is 0 Å². The summed E-state index contributed by atoms with van der Waals surface area (Å²) in [6, 6.07) is 15.4. The van der Waals surface area contributed by atoms with Crippen molar-refractivity contribution in [3.05, 3.63) is 59.9 Å². The summed E-state index contributed by atoms with van der Waals surface area (Å²) < 4.78 is 9.70. The highest BCUT2D eigenvalue weighted by atomic mass is 32.2. The van der Waals surface area contributed by atoms with Gasteiger partial charge in [-0.25, -0.2) is 4.98 Å². The molecule has 6 nitrogen and oxygen atoms in total. The minimum absolute atomic E-state index is 0.0594. The van der Waals surface area contributed by atoms with Crippen LogP contribution in [0, 0.1) is 0 Å². The lowest BCUT2D eigenvalue weighted by Crippen LogP contribution is -2.06. The number of fused-ring (bicyclic) bond motifs is 1. The molecule has 0 aliphatic carbocycles. The van der Waals surface area contributed by atoms with E-state index in [4.69, 9.17) is 4.74 Å². The van der Waals surface area contributed by atoms with Gasteiger partial charge in [-0.1, -0.05) is 35.7 Å². The molecule has 0 radical (unpaired) electrons. The maximum Gasteiger partial charge on any atom is 0.191 e. The van der Waals surface area contributed by atoms with E-state index in [0.717, 1.165) is 33.1 Å². The number of ketones is 1. The van der Waals surface area contributed by atoms with Crippen molar-refractivity contribution in [1.29, 1.82) is 0 Å². The van der Waals surface area contributed by atoms with E-state index in [2.05, 4.69) is 32.7 Å². The van der Waals surface area contributed by atoms with Crippen LogP contribution in [0.4, 0.5) is 0 Å². The van der Waals surface area contributed by atoms with Crippen LogP contribution in [0.2, 0.25) is 0 Å². The summed E-state index contributed by atoms with van der Waals surface area (Å²) in [6.45, 7) is 5.36. The van der Waals surface area contributed by atoms with Crippen molar-refractivity contribution in [3.63, 3.8) is 0 Å². The lowest BCUT2D eigenvalue weighted by atomic mass is 10.1. The van der Waals surface area contributed by atoms with Gasteiger partial charge in [0.1, 0.15) is 11.6 Å². The van der Waals surface area contributed by atoms with Gasteiger partial charge < -0.3 is 9.30 Å². The van der Waals surface area contributed by atoms with Gasteiger partial charge in [0.2, 0.25) is 0 Å². The zero-order valence-electron chi connectivity index (χ0n) is 17.3. The first-order valence-corrected chi connectivity index (χ1v) is 12.8. The van der Waals surface area contributed by atoms with Crippen LogP contribution in [-0.4, -0.2) is 37.9 Å². The van der Waals surface area contributed by atoms with Crippen LogP contribution in [0.5, 0.6) is 5.75 Å². The standard InChI is InChI=1S/C22H22N4O2S3/c1-3-26-20(14-30-22-23-17-7-5-6-8-19(17)31-22)24-25-21(26)29-13-18(27)15-9-11-16(12-10-15)28-4-2/h5-12H,3-4,13-14H2,1-2H3. The molecule has 9 heteroatoms. The number of carbonyl (C=O) groups is 1. The first-order valence-electron chi connectivity index (χ1n) is 9.97. The van der Waals surface area contributed by atoms with E-state index in [-0.39, 0.29) is 5.78 Å². The third kappa shape index (κ3) is 5.28. The number of benzene rings is 2. The monoisotopic (exact) mass is 470 g/mol. The average molecular weight is 471 g/mol. The lowest BCUT2D eigenvalue weighted by Gasteiger charge is -2.07. The van der Waals surface area contributed by atoms with Crippen molar-refractivity contribution in [2.75, 3.05) is 12.4 Å². The fourth-order valence-corrected chi connectivity index (χ4v) is 5.93. The van der Waals surface area contributed by atoms with E-state index in [9.17, 15) is 4.79 Å². The van der Waals surface area contributed by atoms with Gasteiger partial charge in [0.25, 0.3) is 0 Å². The Balaban J connectivity index is 1.37. The lowest BCUT2D eigenvalue weighted by molar-refractivity contribution is 0.102. The van der Waals surface area contributed by atoms with Crippen LogP contribution in [-0.2, 0) is 12.3 Å². The zero-order chi connectivity index (χ0) is 21.6. The highest BCUT2D eigenvalue weighted by Gasteiger charge is 2.15. The van der Waals surface area contributed by atoms with Gasteiger partial charge in [0.05, 0.1) is 28.3 Å². The van der Waals surface area contributed by atoms with Crippen LogP contribution in [0.15, 0.2) is 58.0 Å². The van der Waals surface area contributed by atoms with Crippen LogP contribution in [0.1, 0.15) is 30.0 Å². The average Bonchev–Trinajstić information content (AvgIpc) is 3.39. The van der Waals surface area contributed by atoms with Crippen molar-refractivity contribution in [2.24, 2.45) is 0 Å². The van der Waals surface area contributed by atoms with Gasteiger partial charge in [-0.3, -0.25) is 4.79 Å². The molecule has 2 aromatic heterocycles. The van der Waals surface area contributed by atoms with Gasteiger partial charge in [0, 0.05) is 12.1 Å². The van der Waals surface area contributed by atoms with E-state index < -0.39 is 0 Å². The minimum atomic E-state index is 0.0594. The molecule has 0 aliphatic heterocycles. The van der Waals surface area contributed by atoms with Crippen LogP contribution in [0.3, 0.4) is 0 Å². The molecular formula is C22H22N4O2S3. The molecule has 0 atom stereocenters. The molecule has 4 rings (SSSR count). The van der Waals surface area contributed by atoms with Crippen molar-refractivity contribution in [2.45, 2.75) is 35.6 Å². The topological polar surface area (TPSA) is 69.9 Å². The number of nitrogens with zero attached hydrogens (tertiary/aromatic N) is 4. The molecule has 0 saturated heterocycles. The van der Waals surface area contributed by atoms with E-state index >= 15 is 0 Å². The number of Topliss-reactive ketones (excluding diaryl/α,β-unsaturated/α-hetero) is 1. The van der Waals surface area contributed by atoms with Gasteiger partial charge in [0.15, 0.2) is 15.3 Å². The molecule has 4 aromatic rings. The number of thiazole rings is 1. The molecule has 0 N–H and O–H groups in total. The Bertz CT molecular complexity index is 1140. The van der Waals surface area contributed by atoms with Crippen LogP contribution in [0.25, 0.3) is 10.2 Å². The van der Waals surface area contributed by atoms with Crippen LogP contribution < -0.4 is 4.74 Å². The summed E-state index contributed by atoms with van der Waals surface area (Å²) in [5.74, 6) is 2.73. The van der Waals surface area contributed by atoms with Crippen LogP contribution >= 0.6 is 34.9 Å². The number of para-hydroxylation sites is 1. The molecule has 0 bridgehead atoms. The maximum absolute atomic E-state index is 12.6. The molecule has 0 saturated carbocycles. The van der Waals surface area contributed by atoms with Crippen molar-refractivity contribution < 1.29 is 9.53 Å². The summed E-state index contributed by atoms with van der Waals surface area (Å²) in [7, 11) is 0. The Hall–Kier alpha value is -2.36. The number of ether oxygens (including phenoxy) is 1. The van der Waals surface area contributed by atoms with Gasteiger partial charge >= 0.3 is 0 Å². The van der Waals surface area contributed by atoms with Gasteiger partial charge in [-0.15, -0.1) is 21.5 Å². The van der Waals surface area contributed by atoms with E-state index in [1.165, 1.54) is 16.5 Å². The SMILES string of the molecule is CCOc1ccc(C(=O)CSc2nnc(CSc3nc4ccccc4s3)n2CC)cc1. The third-order valence-electron chi connectivity index (χ3n) is 4.53. The highest BCUT2D eigenvalue weighted by Crippen LogP contribution is 2.31. The van der Waals surface area contributed by atoms with E-state index in [1.807, 2.05) is 37.3 Å². The van der Waals surface area contributed by atoms with E-state index in [0.29, 0.717) is 23.7 Å². The molecule has 0 fully saturated rings. The van der Waals surface area contributed by atoms with Gasteiger partial charge in [-0.05, 0) is 50.2 Å². The second kappa shape index (κ2) is 10.3. The predicted molar refractivity (Wildman–Crippen MR) is 128 cm³/mol. The zero-order valence-corrected chi connectivity index (χ0v) is 19.7. The number of thioether (sulfide) groups is 2. The molecule has 31 heavy (non-hydrogen) atoms. The molecule has 0 amide bonds. The summed E-state index contributed by atoms with van der Waals surface area (Å²) in [6.07, 6.45) is 0. The molecule has 160 valence electrons. The minimum Gasteiger partial charge on any atom is -0.494 e. The molecular weight excluding hydrogens is 448 g/mol. The summed E-state index contributed by atoms with van der Waals surface area (Å²) in [5, 5.41) is 9.44. The second-order valence-corrected chi connectivity index (χ2v) is 9.74. The normalized spacial score (nSPS) is 11.2. The Kier molecular flexibility index (Phi) is 7.26. The Labute approximate surface area is 193 Å². The smallest absolute Gasteiger partial charge is 0.191 e. The number of hydrogen-bond acceptors (Lipinski definition) is 8. The Morgan fingerprint density at radius 2 is 1.87 bits per heavy atom. The molecule has 2 heterocycles. The largest absolute Gasteiger partial charge is 0.494 e. The fraction of sp³-hybridized carbons (Fsp3) is 0.273. The summed E-state index contributed by atoms with van der Waals surface area (Å²) in [5.41, 5.74) is 1.70. The van der Waals surface area contributed by atoms with Crippen molar-refractivity contribution in [1.82, 2.24) is 19.7 Å². The summed E-state index contributed by atoms with van der Waals surface area (Å²) >= 11 is 4.77. The van der Waals surface area contributed by atoms with Crippen molar-refractivity contribution >= 4 is 50.9 Å². The Morgan fingerprint density at radius 3 is 2.61 bits per heavy atom. The maximum atomic E-state index is 12.6. The molecule has 2 aromatic carbocycles. The summed E-state index contributed by atoms with van der Waals surface area (Å²) in [4.78, 5) is 17.2. The first kappa shape index (κ1) is 21.9. The number of rotatable bonds is 10. The Morgan fingerprint density at radius 1 is 1.06 bits per heavy atom. The van der Waals surface area contributed by atoms with Crippen molar-refractivity contribution in [3.8, 4) is 5.75 Å².